The van der Waals surface area contributed by atoms with E-state index in [-0.39, 0.29) is 23.8 Å². The Morgan fingerprint density at radius 2 is 1.73 bits per heavy atom. The van der Waals surface area contributed by atoms with Crippen LogP contribution in [0.1, 0.15) is 18.4 Å². The molecular formula is C18H20ClFN2O3S. The second-order valence-electron chi connectivity index (χ2n) is 5.79. The molecule has 0 aliphatic carbocycles. The maximum absolute atomic E-state index is 12.9. The standard InChI is InChI=1S/C18H20ClFN2O3S/c1-22(26(24,25)17-10-8-16(20)9-11-17)12-2-3-18(23)21-13-14-4-6-15(19)7-5-14/h4-11H,2-3,12-13H2,1H3,(H,21,23). The first-order valence-electron chi connectivity index (χ1n) is 8.02. The topological polar surface area (TPSA) is 66.5 Å². The Hall–Kier alpha value is -1.96. The van der Waals surface area contributed by atoms with Crippen molar-refractivity contribution in [2.45, 2.75) is 24.3 Å². The van der Waals surface area contributed by atoms with Gasteiger partial charge in [0.25, 0.3) is 0 Å². The van der Waals surface area contributed by atoms with Crippen LogP contribution in [0.25, 0.3) is 0 Å². The van der Waals surface area contributed by atoms with Crippen LogP contribution in [-0.2, 0) is 21.4 Å². The van der Waals surface area contributed by atoms with E-state index in [0.717, 1.165) is 22.0 Å². The van der Waals surface area contributed by atoms with Gasteiger partial charge in [0.15, 0.2) is 0 Å². The Balaban J connectivity index is 1.78. The highest BCUT2D eigenvalue weighted by Crippen LogP contribution is 2.15. The third-order valence-electron chi connectivity index (χ3n) is 3.80. The largest absolute Gasteiger partial charge is 0.352 e. The van der Waals surface area contributed by atoms with Crippen LogP contribution < -0.4 is 5.32 Å². The van der Waals surface area contributed by atoms with Gasteiger partial charge in [-0.05, 0) is 48.4 Å². The van der Waals surface area contributed by atoms with Gasteiger partial charge in [-0.3, -0.25) is 4.79 Å². The Kier molecular flexibility index (Phi) is 7.14. The van der Waals surface area contributed by atoms with E-state index >= 15 is 0 Å². The number of hydrogen-bond acceptors (Lipinski definition) is 3. The minimum Gasteiger partial charge on any atom is -0.352 e. The molecule has 0 spiro atoms. The molecule has 0 atom stereocenters. The van der Waals surface area contributed by atoms with Gasteiger partial charge in [0, 0.05) is 31.6 Å². The Bertz CT molecular complexity index is 840. The molecule has 1 amide bonds. The van der Waals surface area contributed by atoms with Crippen LogP contribution in [0.3, 0.4) is 0 Å². The number of carbonyl (C=O) groups excluding carboxylic acids is 1. The zero-order valence-electron chi connectivity index (χ0n) is 14.3. The molecule has 0 heterocycles. The molecule has 0 fully saturated rings. The van der Waals surface area contributed by atoms with Crippen LogP contribution in [0.5, 0.6) is 0 Å². The van der Waals surface area contributed by atoms with E-state index in [2.05, 4.69) is 5.32 Å². The molecule has 26 heavy (non-hydrogen) atoms. The van der Waals surface area contributed by atoms with Crippen LogP contribution in [0.2, 0.25) is 5.02 Å². The van der Waals surface area contributed by atoms with Crippen molar-refractivity contribution in [2.24, 2.45) is 0 Å². The monoisotopic (exact) mass is 398 g/mol. The zero-order valence-corrected chi connectivity index (χ0v) is 15.9. The number of amides is 1. The van der Waals surface area contributed by atoms with Gasteiger partial charge in [0.1, 0.15) is 5.82 Å². The number of halogens is 2. The summed E-state index contributed by atoms with van der Waals surface area (Å²) in [6.45, 7) is 0.577. The summed E-state index contributed by atoms with van der Waals surface area (Å²) in [6.07, 6.45) is 0.584. The lowest BCUT2D eigenvalue weighted by Crippen LogP contribution is -2.29. The number of carbonyl (C=O) groups is 1. The molecule has 0 aliphatic heterocycles. The molecule has 2 rings (SSSR count). The molecule has 0 saturated carbocycles. The molecular weight excluding hydrogens is 379 g/mol. The second kappa shape index (κ2) is 9.12. The van der Waals surface area contributed by atoms with Crippen LogP contribution in [0, 0.1) is 5.82 Å². The summed E-state index contributed by atoms with van der Waals surface area (Å²) in [5.41, 5.74) is 0.929. The number of rotatable bonds is 8. The SMILES string of the molecule is CN(CCCC(=O)NCc1ccc(Cl)cc1)S(=O)(=O)c1ccc(F)cc1. The number of hydrogen-bond donors (Lipinski definition) is 1. The Labute approximate surface area is 157 Å². The summed E-state index contributed by atoms with van der Waals surface area (Å²) in [4.78, 5) is 11.9. The van der Waals surface area contributed by atoms with Crippen molar-refractivity contribution in [3.63, 3.8) is 0 Å². The molecule has 0 bridgehead atoms. The van der Waals surface area contributed by atoms with Gasteiger partial charge in [-0.2, -0.15) is 0 Å². The Morgan fingerprint density at radius 1 is 1.12 bits per heavy atom. The number of benzene rings is 2. The van der Waals surface area contributed by atoms with Gasteiger partial charge < -0.3 is 5.32 Å². The predicted octanol–water partition coefficient (Wildman–Crippen LogP) is 3.20. The number of nitrogens with zero attached hydrogens (tertiary/aromatic N) is 1. The van der Waals surface area contributed by atoms with E-state index in [1.165, 1.54) is 19.2 Å². The molecule has 140 valence electrons. The van der Waals surface area contributed by atoms with Gasteiger partial charge in [0.2, 0.25) is 15.9 Å². The van der Waals surface area contributed by atoms with Crippen molar-refractivity contribution in [1.82, 2.24) is 9.62 Å². The average molecular weight is 399 g/mol. The lowest BCUT2D eigenvalue weighted by molar-refractivity contribution is -0.121. The second-order valence-corrected chi connectivity index (χ2v) is 8.27. The number of nitrogens with one attached hydrogen (secondary N) is 1. The molecule has 2 aromatic carbocycles. The first-order chi connectivity index (χ1) is 12.3. The maximum atomic E-state index is 12.9. The fourth-order valence-corrected chi connectivity index (χ4v) is 3.60. The zero-order chi connectivity index (χ0) is 19.2. The average Bonchev–Trinajstić information content (AvgIpc) is 2.61. The maximum Gasteiger partial charge on any atom is 0.242 e. The van der Waals surface area contributed by atoms with Crippen molar-refractivity contribution in [3.05, 3.63) is 64.9 Å². The minimum atomic E-state index is -3.69. The molecule has 0 saturated heterocycles. The van der Waals surface area contributed by atoms with Crippen LogP contribution in [-0.4, -0.2) is 32.2 Å². The fraction of sp³-hybridized carbons (Fsp3) is 0.278. The highest BCUT2D eigenvalue weighted by Gasteiger charge is 2.20. The lowest BCUT2D eigenvalue weighted by Gasteiger charge is -2.17. The third-order valence-corrected chi connectivity index (χ3v) is 5.92. The number of sulfonamides is 1. The highest BCUT2D eigenvalue weighted by atomic mass is 35.5. The molecule has 0 aromatic heterocycles. The molecule has 0 aliphatic rings. The summed E-state index contributed by atoms with van der Waals surface area (Å²) in [5, 5.41) is 3.41. The summed E-state index contributed by atoms with van der Waals surface area (Å²) in [6, 6.07) is 11.8. The smallest absolute Gasteiger partial charge is 0.242 e. The predicted molar refractivity (Wildman–Crippen MR) is 98.7 cm³/mol. The summed E-state index contributed by atoms with van der Waals surface area (Å²) >= 11 is 5.80. The molecule has 1 N–H and O–H groups in total. The fourth-order valence-electron chi connectivity index (χ4n) is 2.26. The van der Waals surface area contributed by atoms with Crippen molar-refractivity contribution in [3.8, 4) is 0 Å². The van der Waals surface area contributed by atoms with Crippen molar-refractivity contribution in [2.75, 3.05) is 13.6 Å². The van der Waals surface area contributed by atoms with E-state index in [9.17, 15) is 17.6 Å². The molecule has 2 aromatic rings. The van der Waals surface area contributed by atoms with E-state index < -0.39 is 15.8 Å². The molecule has 5 nitrogen and oxygen atoms in total. The van der Waals surface area contributed by atoms with E-state index in [1.807, 2.05) is 12.1 Å². The van der Waals surface area contributed by atoms with E-state index in [1.54, 1.807) is 12.1 Å². The van der Waals surface area contributed by atoms with Crippen molar-refractivity contribution >= 4 is 27.5 Å². The van der Waals surface area contributed by atoms with Crippen LogP contribution >= 0.6 is 11.6 Å². The third kappa shape index (κ3) is 5.79. The summed E-state index contributed by atoms with van der Waals surface area (Å²) in [7, 11) is -2.26. The minimum absolute atomic E-state index is 0.0218. The summed E-state index contributed by atoms with van der Waals surface area (Å²) < 4.78 is 38.8. The van der Waals surface area contributed by atoms with Crippen molar-refractivity contribution in [1.29, 1.82) is 0 Å². The first kappa shape index (κ1) is 20.4. The van der Waals surface area contributed by atoms with Crippen LogP contribution in [0.4, 0.5) is 4.39 Å². The quantitative estimate of drug-likeness (QED) is 0.742. The normalized spacial score (nSPS) is 11.5. The van der Waals surface area contributed by atoms with Gasteiger partial charge >= 0.3 is 0 Å². The first-order valence-corrected chi connectivity index (χ1v) is 9.84. The Morgan fingerprint density at radius 3 is 2.35 bits per heavy atom. The molecule has 0 radical (unpaired) electrons. The van der Waals surface area contributed by atoms with Crippen LogP contribution in [0.15, 0.2) is 53.4 Å². The summed E-state index contributed by atoms with van der Waals surface area (Å²) in [5.74, 6) is -0.656. The van der Waals surface area contributed by atoms with Gasteiger partial charge in [0.05, 0.1) is 4.90 Å². The molecule has 8 heteroatoms. The van der Waals surface area contributed by atoms with E-state index in [0.29, 0.717) is 18.0 Å². The van der Waals surface area contributed by atoms with E-state index in [4.69, 9.17) is 11.6 Å². The van der Waals surface area contributed by atoms with Gasteiger partial charge in [-0.25, -0.2) is 17.1 Å². The van der Waals surface area contributed by atoms with Gasteiger partial charge in [-0.1, -0.05) is 23.7 Å². The lowest BCUT2D eigenvalue weighted by atomic mass is 10.2. The van der Waals surface area contributed by atoms with Crippen molar-refractivity contribution < 1.29 is 17.6 Å². The highest BCUT2D eigenvalue weighted by molar-refractivity contribution is 7.89. The molecule has 0 unspecified atom stereocenters. The van der Waals surface area contributed by atoms with Gasteiger partial charge in [-0.15, -0.1) is 0 Å².